The highest BCUT2D eigenvalue weighted by molar-refractivity contribution is 9.10. The maximum atomic E-state index is 12.3. The summed E-state index contributed by atoms with van der Waals surface area (Å²) in [6.45, 7) is 1.70. The second-order valence-corrected chi connectivity index (χ2v) is 5.97. The molecule has 0 aliphatic rings. The lowest BCUT2D eigenvalue weighted by atomic mass is 10.1. The van der Waals surface area contributed by atoms with E-state index < -0.39 is 18.1 Å². The van der Waals surface area contributed by atoms with Gasteiger partial charge in [0.05, 0.1) is 14.2 Å². The SMILES string of the molecule is COC(=O)c1c(C)cc(Br)cc1Oc1ccc(OC(F)(F)F)cc1OC. The second-order valence-electron chi connectivity index (χ2n) is 5.05. The van der Waals surface area contributed by atoms with E-state index in [1.165, 1.54) is 20.3 Å². The van der Waals surface area contributed by atoms with Gasteiger partial charge in [0.2, 0.25) is 0 Å². The van der Waals surface area contributed by atoms with Crippen LogP contribution in [0.1, 0.15) is 15.9 Å². The van der Waals surface area contributed by atoms with Crippen LogP contribution in [-0.2, 0) is 4.74 Å². The van der Waals surface area contributed by atoms with Crippen LogP contribution in [0.4, 0.5) is 13.2 Å². The molecule has 0 spiro atoms. The molecule has 2 aromatic rings. The molecule has 0 amide bonds. The van der Waals surface area contributed by atoms with Crippen molar-refractivity contribution in [3.8, 4) is 23.0 Å². The Bertz CT molecular complexity index is 821. The average molecular weight is 435 g/mol. The first-order valence-electron chi connectivity index (χ1n) is 7.14. The number of hydrogen-bond donors (Lipinski definition) is 0. The minimum Gasteiger partial charge on any atom is -0.493 e. The van der Waals surface area contributed by atoms with Crippen LogP contribution in [0.3, 0.4) is 0 Å². The maximum absolute atomic E-state index is 12.3. The van der Waals surface area contributed by atoms with Crippen LogP contribution in [0.5, 0.6) is 23.0 Å². The van der Waals surface area contributed by atoms with Crippen molar-refractivity contribution in [2.75, 3.05) is 14.2 Å². The van der Waals surface area contributed by atoms with Gasteiger partial charge in [-0.1, -0.05) is 15.9 Å². The van der Waals surface area contributed by atoms with Crippen molar-refractivity contribution in [1.82, 2.24) is 0 Å². The summed E-state index contributed by atoms with van der Waals surface area (Å²) in [5, 5.41) is 0. The molecule has 0 bridgehead atoms. The Morgan fingerprint density at radius 2 is 1.73 bits per heavy atom. The Kier molecular flexibility index (Phi) is 6.01. The predicted octanol–water partition coefficient (Wildman–Crippen LogP) is 5.24. The van der Waals surface area contributed by atoms with E-state index in [9.17, 15) is 18.0 Å². The van der Waals surface area contributed by atoms with Gasteiger partial charge in [-0.15, -0.1) is 13.2 Å². The van der Waals surface area contributed by atoms with Gasteiger partial charge in [-0.05, 0) is 36.8 Å². The molecule has 0 unspecified atom stereocenters. The number of esters is 1. The number of benzene rings is 2. The summed E-state index contributed by atoms with van der Waals surface area (Å²) in [6, 6.07) is 6.60. The van der Waals surface area contributed by atoms with Crippen molar-refractivity contribution in [2.45, 2.75) is 13.3 Å². The average Bonchev–Trinajstić information content (AvgIpc) is 2.53. The van der Waals surface area contributed by atoms with Crippen LogP contribution < -0.4 is 14.2 Å². The van der Waals surface area contributed by atoms with E-state index in [2.05, 4.69) is 20.7 Å². The summed E-state index contributed by atoms with van der Waals surface area (Å²) >= 11 is 3.30. The molecule has 9 heteroatoms. The lowest BCUT2D eigenvalue weighted by molar-refractivity contribution is -0.274. The van der Waals surface area contributed by atoms with Crippen LogP contribution >= 0.6 is 15.9 Å². The zero-order chi connectivity index (χ0) is 19.5. The Morgan fingerprint density at radius 3 is 2.31 bits per heavy atom. The molecule has 0 aliphatic carbocycles. The number of carbonyl (C=O) groups is 1. The van der Waals surface area contributed by atoms with Gasteiger partial charge in [0.15, 0.2) is 11.5 Å². The van der Waals surface area contributed by atoms with Gasteiger partial charge in [-0.25, -0.2) is 4.79 Å². The number of halogens is 4. The molecule has 0 heterocycles. The van der Waals surface area contributed by atoms with E-state index in [0.29, 0.717) is 10.0 Å². The predicted molar refractivity (Wildman–Crippen MR) is 90.0 cm³/mol. The van der Waals surface area contributed by atoms with Gasteiger partial charge in [-0.2, -0.15) is 0 Å². The third-order valence-electron chi connectivity index (χ3n) is 3.24. The molecule has 0 radical (unpaired) electrons. The maximum Gasteiger partial charge on any atom is 0.573 e. The summed E-state index contributed by atoms with van der Waals surface area (Å²) in [4.78, 5) is 12.0. The molecule has 2 aromatic carbocycles. The van der Waals surface area contributed by atoms with Crippen molar-refractivity contribution in [3.05, 3.63) is 45.9 Å². The third kappa shape index (κ3) is 4.81. The van der Waals surface area contributed by atoms with Crippen LogP contribution in [0.2, 0.25) is 0 Å². The fourth-order valence-corrected chi connectivity index (χ4v) is 2.76. The summed E-state index contributed by atoms with van der Waals surface area (Å²) in [5.74, 6) is -0.808. The number of hydrogen-bond acceptors (Lipinski definition) is 5. The molecule has 0 atom stereocenters. The quantitative estimate of drug-likeness (QED) is 0.602. The molecule has 0 fully saturated rings. The van der Waals surface area contributed by atoms with E-state index in [1.54, 1.807) is 19.1 Å². The van der Waals surface area contributed by atoms with Gasteiger partial charge >= 0.3 is 12.3 Å². The van der Waals surface area contributed by atoms with Crippen LogP contribution in [-0.4, -0.2) is 26.6 Å². The van der Waals surface area contributed by atoms with E-state index in [4.69, 9.17) is 14.2 Å². The summed E-state index contributed by atoms with van der Waals surface area (Å²) in [5.41, 5.74) is 0.783. The smallest absolute Gasteiger partial charge is 0.493 e. The fraction of sp³-hybridized carbons (Fsp3) is 0.235. The molecule has 0 saturated carbocycles. The number of aryl methyl sites for hydroxylation is 1. The van der Waals surface area contributed by atoms with Crippen LogP contribution in [0.25, 0.3) is 0 Å². The van der Waals surface area contributed by atoms with E-state index in [1.807, 2.05) is 0 Å². The molecule has 0 aliphatic heterocycles. The monoisotopic (exact) mass is 434 g/mol. The standard InChI is InChI=1S/C17H14BrF3O5/c1-9-6-10(18)7-14(15(9)16(22)24-3)25-12-5-4-11(8-13(12)23-2)26-17(19,20)21/h4-8H,1-3H3. The van der Waals surface area contributed by atoms with E-state index >= 15 is 0 Å². The van der Waals surface area contributed by atoms with Gasteiger partial charge in [-0.3, -0.25) is 0 Å². The first-order chi connectivity index (χ1) is 12.1. The van der Waals surface area contributed by atoms with E-state index in [-0.39, 0.29) is 22.8 Å². The molecule has 0 N–H and O–H groups in total. The second kappa shape index (κ2) is 7.86. The Balaban J connectivity index is 2.44. The summed E-state index contributed by atoms with van der Waals surface area (Å²) in [7, 11) is 2.50. The normalized spacial score (nSPS) is 11.0. The number of carbonyl (C=O) groups excluding carboxylic acids is 1. The summed E-state index contributed by atoms with van der Waals surface area (Å²) < 4.78 is 57.0. The fourth-order valence-electron chi connectivity index (χ4n) is 2.20. The molecular weight excluding hydrogens is 421 g/mol. The van der Waals surface area contributed by atoms with E-state index in [0.717, 1.165) is 12.1 Å². The number of methoxy groups -OCH3 is 2. The lowest BCUT2D eigenvalue weighted by Gasteiger charge is -2.16. The number of alkyl halides is 3. The van der Waals surface area contributed by atoms with Crippen molar-refractivity contribution in [3.63, 3.8) is 0 Å². The number of rotatable bonds is 5. The van der Waals surface area contributed by atoms with Crippen molar-refractivity contribution < 1.29 is 36.9 Å². The van der Waals surface area contributed by atoms with Crippen LogP contribution in [0.15, 0.2) is 34.8 Å². The third-order valence-corrected chi connectivity index (χ3v) is 3.70. The lowest BCUT2D eigenvalue weighted by Crippen LogP contribution is -2.17. The molecule has 0 aromatic heterocycles. The Morgan fingerprint density at radius 1 is 1.04 bits per heavy atom. The van der Waals surface area contributed by atoms with Crippen molar-refractivity contribution >= 4 is 21.9 Å². The van der Waals surface area contributed by atoms with Gasteiger partial charge in [0, 0.05) is 10.5 Å². The first kappa shape index (κ1) is 19.9. The Hall–Kier alpha value is -2.42. The molecule has 0 saturated heterocycles. The topological polar surface area (TPSA) is 54.0 Å². The summed E-state index contributed by atoms with van der Waals surface area (Å²) in [6.07, 6.45) is -4.83. The molecule has 140 valence electrons. The minimum absolute atomic E-state index is 0.000180. The number of ether oxygens (including phenoxy) is 4. The zero-order valence-electron chi connectivity index (χ0n) is 13.9. The largest absolute Gasteiger partial charge is 0.573 e. The minimum atomic E-state index is -4.83. The zero-order valence-corrected chi connectivity index (χ0v) is 15.5. The highest BCUT2D eigenvalue weighted by Crippen LogP contribution is 2.39. The van der Waals surface area contributed by atoms with Gasteiger partial charge < -0.3 is 18.9 Å². The Labute approximate surface area is 155 Å². The van der Waals surface area contributed by atoms with Crippen LogP contribution in [0, 0.1) is 6.92 Å². The molecule has 5 nitrogen and oxygen atoms in total. The van der Waals surface area contributed by atoms with Gasteiger partial charge in [0.1, 0.15) is 17.1 Å². The molecular formula is C17H14BrF3O5. The highest BCUT2D eigenvalue weighted by Gasteiger charge is 2.31. The first-order valence-corrected chi connectivity index (χ1v) is 7.94. The van der Waals surface area contributed by atoms with Crippen molar-refractivity contribution in [2.24, 2.45) is 0 Å². The highest BCUT2D eigenvalue weighted by atomic mass is 79.9. The van der Waals surface area contributed by atoms with Crippen molar-refractivity contribution in [1.29, 1.82) is 0 Å². The van der Waals surface area contributed by atoms with Gasteiger partial charge in [0.25, 0.3) is 0 Å². The molecule has 2 rings (SSSR count). The molecule has 26 heavy (non-hydrogen) atoms.